The zero-order chi connectivity index (χ0) is 16.8. The molecule has 0 saturated heterocycles. The molecule has 4 nitrogen and oxygen atoms in total. The summed E-state index contributed by atoms with van der Waals surface area (Å²) >= 11 is 5.26. The van der Waals surface area contributed by atoms with Crippen LogP contribution in [0.4, 0.5) is 20.2 Å². The molecule has 2 aromatic carbocycles. The molecule has 0 aromatic heterocycles. The predicted molar refractivity (Wildman–Crippen MR) is 90.6 cm³/mol. The Morgan fingerprint density at radius 1 is 1.09 bits per heavy atom. The molecule has 0 aliphatic rings. The summed E-state index contributed by atoms with van der Waals surface area (Å²) in [5.41, 5.74) is 2.15. The second-order valence-corrected chi connectivity index (χ2v) is 5.04. The topological polar surface area (TPSA) is 42.5 Å². The van der Waals surface area contributed by atoms with Crippen molar-refractivity contribution in [2.45, 2.75) is 13.5 Å². The van der Waals surface area contributed by atoms with Crippen LogP contribution in [0.25, 0.3) is 0 Å². The molecule has 0 atom stereocenters. The highest BCUT2D eigenvalue weighted by molar-refractivity contribution is 7.80. The van der Waals surface area contributed by atoms with Crippen LogP contribution in [-0.4, -0.2) is 18.8 Å². The van der Waals surface area contributed by atoms with Crippen LogP contribution < -0.4 is 20.1 Å². The minimum Gasteiger partial charge on any atom is -0.495 e. The van der Waals surface area contributed by atoms with Gasteiger partial charge in [-0.15, -0.1) is 0 Å². The Bertz CT molecular complexity index is 696. The van der Waals surface area contributed by atoms with Crippen molar-refractivity contribution in [1.29, 1.82) is 0 Å². The molecular formula is C16H16F2N2O2S. The first-order chi connectivity index (χ1) is 11.0. The SMILES string of the molecule is COc1ccccc1NC(=S)Nc1ccc(OC(F)F)cc1C. The molecule has 0 radical (unpaired) electrons. The van der Waals surface area contributed by atoms with Gasteiger partial charge in [0.25, 0.3) is 0 Å². The number of aryl methyl sites for hydroxylation is 1. The highest BCUT2D eigenvalue weighted by Gasteiger charge is 2.08. The van der Waals surface area contributed by atoms with Gasteiger partial charge in [-0.05, 0) is 55.0 Å². The lowest BCUT2D eigenvalue weighted by Crippen LogP contribution is -2.20. The van der Waals surface area contributed by atoms with Crippen LogP contribution >= 0.6 is 12.2 Å². The summed E-state index contributed by atoms with van der Waals surface area (Å²) < 4.78 is 34.0. The van der Waals surface area contributed by atoms with Gasteiger partial charge in [0.05, 0.1) is 12.8 Å². The van der Waals surface area contributed by atoms with Gasteiger partial charge in [-0.3, -0.25) is 0 Å². The summed E-state index contributed by atoms with van der Waals surface area (Å²) in [6.07, 6.45) is 0. The van der Waals surface area contributed by atoms with E-state index in [-0.39, 0.29) is 5.75 Å². The number of benzene rings is 2. The molecule has 0 bridgehead atoms. The molecule has 2 aromatic rings. The number of hydrogen-bond donors (Lipinski definition) is 2. The Morgan fingerprint density at radius 2 is 1.78 bits per heavy atom. The third-order valence-corrected chi connectivity index (χ3v) is 3.23. The van der Waals surface area contributed by atoms with Gasteiger partial charge in [0, 0.05) is 5.69 Å². The number of halogens is 2. The Hall–Kier alpha value is -2.41. The summed E-state index contributed by atoms with van der Waals surface area (Å²) in [7, 11) is 1.57. The van der Waals surface area contributed by atoms with E-state index in [1.165, 1.54) is 12.1 Å². The Morgan fingerprint density at radius 3 is 2.43 bits per heavy atom. The van der Waals surface area contributed by atoms with E-state index in [1.54, 1.807) is 20.1 Å². The van der Waals surface area contributed by atoms with Crippen molar-refractivity contribution >= 4 is 28.7 Å². The second-order valence-electron chi connectivity index (χ2n) is 4.63. The van der Waals surface area contributed by atoms with E-state index in [0.29, 0.717) is 16.5 Å². The zero-order valence-corrected chi connectivity index (χ0v) is 13.4. The third-order valence-electron chi connectivity index (χ3n) is 3.03. The van der Waals surface area contributed by atoms with Gasteiger partial charge in [-0.25, -0.2) is 0 Å². The number of rotatable bonds is 5. The smallest absolute Gasteiger partial charge is 0.387 e. The van der Waals surface area contributed by atoms with Crippen LogP contribution in [0.3, 0.4) is 0 Å². The minimum atomic E-state index is -2.85. The first-order valence-electron chi connectivity index (χ1n) is 6.76. The van der Waals surface area contributed by atoms with Gasteiger partial charge < -0.3 is 20.1 Å². The number of para-hydroxylation sites is 2. The van der Waals surface area contributed by atoms with Crippen LogP contribution in [-0.2, 0) is 0 Å². The largest absolute Gasteiger partial charge is 0.495 e. The molecule has 0 amide bonds. The van der Waals surface area contributed by atoms with Crippen LogP contribution in [0.15, 0.2) is 42.5 Å². The normalized spacial score (nSPS) is 10.3. The molecular weight excluding hydrogens is 322 g/mol. The lowest BCUT2D eigenvalue weighted by molar-refractivity contribution is -0.0498. The lowest BCUT2D eigenvalue weighted by atomic mass is 10.2. The van der Waals surface area contributed by atoms with Gasteiger partial charge in [0.15, 0.2) is 5.11 Å². The summed E-state index contributed by atoms with van der Waals surface area (Å²) in [6, 6.07) is 11.9. The van der Waals surface area contributed by atoms with E-state index in [0.717, 1.165) is 11.3 Å². The molecule has 0 aliphatic carbocycles. The van der Waals surface area contributed by atoms with Gasteiger partial charge in [0.2, 0.25) is 0 Å². The molecule has 2 rings (SSSR count). The van der Waals surface area contributed by atoms with Crippen LogP contribution in [0, 0.1) is 6.92 Å². The molecule has 0 saturated carbocycles. The van der Waals surface area contributed by atoms with E-state index in [1.807, 2.05) is 24.3 Å². The van der Waals surface area contributed by atoms with E-state index in [2.05, 4.69) is 15.4 Å². The highest BCUT2D eigenvalue weighted by Crippen LogP contribution is 2.25. The minimum absolute atomic E-state index is 0.103. The van der Waals surface area contributed by atoms with Crippen molar-refractivity contribution in [3.63, 3.8) is 0 Å². The quantitative estimate of drug-likeness (QED) is 0.790. The maximum atomic E-state index is 12.2. The molecule has 122 valence electrons. The molecule has 23 heavy (non-hydrogen) atoms. The Balaban J connectivity index is 2.05. The predicted octanol–water partition coefficient (Wildman–Crippen LogP) is 4.41. The van der Waals surface area contributed by atoms with Crippen molar-refractivity contribution in [2.75, 3.05) is 17.7 Å². The summed E-state index contributed by atoms with van der Waals surface area (Å²) in [5.74, 6) is 0.765. The van der Waals surface area contributed by atoms with E-state index in [4.69, 9.17) is 17.0 Å². The first-order valence-corrected chi connectivity index (χ1v) is 7.17. The molecule has 0 unspecified atom stereocenters. The zero-order valence-electron chi connectivity index (χ0n) is 12.6. The summed E-state index contributed by atoms with van der Waals surface area (Å²) in [6.45, 7) is -1.08. The maximum Gasteiger partial charge on any atom is 0.387 e. The first kappa shape index (κ1) is 17.0. The number of nitrogens with one attached hydrogen (secondary N) is 2. The van der Waals surface area contributed by atoms with Gasteiger partial charge in [-0.2, -0.15) is 8.78 Å². The van der Waals surface area contributed by atoms with Crippen molar-refractivity contribution in [3.05, 3.63) is 48.0 Å². The number of methoxy groups -OCH3 is 1. The van der Waals surface area contributed by atoms with Crippen molar-refractivity contribution in [1.82, 2.24) is 0 Å². The standard InChI is InChI=1S/C16H16F2N2O2S/c1-10-9-11(22-15(17)18)7-8-12(10)19-16(23)20-13-5-3-4-6-14(13)21-2/h3-9,15H,1-2H3,(H2,19,20,23). The molecule has 0 heterocycles. The fourth-order valence-corrected chi connectivity index (χ4v) is 2.20. The van der Waals surface area contributed by atoms with E-state index < -0.39 is 6.61 Å². The van der Waals surface area contributed by atoms with Crippen molar-refractivity contribution in [2.24, 2.45) is 0 Å². The number of ether oxygens (including phenoxy) is 2. The maximum absolute atomic E-state index is 12.2. The number of anilines is 2. The van der Waals surface area contributed by atoms with Crippen LogP contribution in [0.5, 0.6) is 11.5 Å². The Kier molecular flexibility index (Phi) is 5.70. The molecule has 2 N–H and O–H groups in total. The molecule has 0 fully saturated rings. The van der Waals surface area contributed by atoms with Gasteiger partial charge in [-0.1, -0.05) is 12.1 Å². The van der Waals surface area contributed by atoms with E-state index in [9.17, 15) is 8.78 Å². The van der Waals surface area contributed by atoms with Crippen LogP contribution in [0.1, 0.15) is 5.56 Å². The highest BCUT2D eigenvalue weighted by atomic mass is 32.1. The molecule has 0 aliphatic heterocycles. The second kappa shape index (κ2) is 7.73. The number of thiocarbonyl (C=S) groups is 1. The fraction of sp³-hybridized carbons (Fsp3) is 0.188. The van der Waals surface area contributed by atoms with Crippen molar-refractivity contribution in [3.8, 4) is 11.5 Å². The molecule has 0 spiro atoms. The van der Waals surface area contributed by atoms with Gasteiger partial charge >= 0.3 is 6.61 Å². The third kappa shape index (κ3) is 4.79. The lowest BCUT2D eigenvalue weighted by Gasteiger charge is -2.15. The van der Waals surface area contributed by atoms with Crippen molar-refractivity contribution < 1.29 is 18.3 Å². The average molecular weight is 338 g/mol. The number of alkyl halides is 2. The summed E-state index contributed by atoms with van der Waals surface area (Å²) in [5, 5.41) is 6.40. The fourth-order valence-electron chi connectivity index (χ4n) is 1.98. The van der Waals surface area contributed by atoms with Gasteiger partial charge in [0.1, 0.15) is 11.5 Å². The number of hydrogen-bond acceptors (Lipinski definition) is 3. The average Bonchev–Trinajstić information content (AvgIpc) is 2.50. The monoisotopic (exact) mass is 338 g/mol. The van der Waals surface area contributed by atoms with Crippen LogP contribution in [0.2, 0.25) is 0 Å². The summed E-state index contributed by atoms with van der Waals surface area (Å²) in [4.78, 5) is 0. The van der Waals surface area contributed by atoms with E-state index >= 15 is 0 Å². The Labute approximate surface area is 138 Å². The molecule has 7 heteroatoms.